The minimum absolute atomic E-state index is 0.0518. The number of carbonyl (C=O) groups is 1. The van der Waals surface area contributed by atoms with Crippen molar-refractivity contribution >= 4 is 24.0 Å². The van der Waals surface area contributed by atoms with E-state index in [9.17, 15) is 4.79 Å². The number of nitrogens with zero attached hydrogens (tertiary/aromatic N) is 6. The maximum atomic E-state index is 12.5. The van der Waals surface area contributed by atoms with Gasteiger partial charge in [0, 0.05) is 6.21 Å². The number of carbonyl (C=O) groups excluding carboxylic acids is 1. The number of amides is 1. The van der Waals surface area contributed by atoms with Crippen molar-refractivity contribution < 1.29 is 14.3 Å². The number of nitrogens with one attached hydrogen (secondary N) is 2. The molecule has 1 aromatic carbocycles. The lowest BCUT2D eigenvalue weighted by Crippen LogP contribution is -3.04. The Bertz CT molecular complexity index is 989. The zero-order valence-corrected chi connectivity index (χ0v) is 15.4. The normalized spacial score (nSPS) is 11.7. The largest absolute Gasteiger partial charge is 0.378 e. The Morgan fingerprint density at radius 2 is 2.11 bits per heavy atom. The summed E-state index contributed by atoms with van der Waals surface area (Å²) in [4.78, 5) is 13.5. The minimum Gasteiger partial charge on any atom is -0.378 e. The molecule has 0 bridgehead atoms. The van der Waals surface area contributed by atoms with Gasteiger partial charge in [0.15, 0.2) is 5.69 Å². The first kappa shape index (κ1) is 18.9. The SMILES string of the molecule is C[NH+](C)Cc1c(C(=O)NN=CC=Cc2ccccc2)nnn1-c1nonc1N. The van der Waals surface area contributed by atoms with Gasteiger partial charge < -0.3 is 10.6 Å². The molecule has 0 saturated carbocycles. The third-order valence-electron chi connectivity index (χ3n) is 3.61. The molecule has 0 spiro atoms. The molecule has 0 aliphatic carbocycles. The predicted octanol–water partition coefficient (Wildman–Crippen LogP) is -0.694. The van der Waals surface area contributed by atoms with Crippen LogP contribution in [0.1, 0.15) is 21.7 Å². The van der Waals surface area contributed by atoms with Crippen molar-refractivity contribution in [1.29, 1.82) is 0 Å². The Morgan fingerprint density at radius 3 is 2.79 bits per heavy atom. The number of allylic oxidation sites excluding steroid dienone is 1. The lowest BCUT2D eigenvalue weighted by Gasteiger charge is -2.08. The second-order valence-electron chi connectivity index (χ2n) is 6.14. The van der Waals surface area contributed by atoms with Crippen LogP contribution >= 0.6 is 0 Å². The van der Waals surface area contributed by atoms with Crippen LogP contribution in [0.2, 0.25) is 0 Å². The number of hydrogen-bond donors (Lipinski definition) is 3. The number of hydrazone groups is 1. The number of hydrogen-bond acceptors (Lipinski definition) is 8. The van der Waals surface area contributed by atoms with E-state index in [1.165, 1.54) is 10.9 Å². The van der Waals surface area contributed by atoms with Gasteiger partial charge in [0.25, 0.3) is 5.91 Å². The van der Waals surface area contributed by atoms with Crippen molar-refractivity contribution in [2.24, 2.45) is 5.10 Å². The van der Waals surface area contributed by atoms with E-state index >= 15 is 0 Å². The van der Waals surface area contributed by atoms with Crippen LogP contribution in [0.25, 0.3) is 11.9 Å². The molecule has 2 aromatic heterocycles. The molecule has 0 fully saturated rings. The highest BCUT2D eigenvalue weighted by molar-refractivity contribution is 5.94. The molecule has 4 N–H and O–H groups in total. The summed E-state index contributed by atoms with van der Waals surface area (Å²) < 4.78 is 5.95. The van der Waals surface area contributed by atoms with E-state index < -0.39 is 5.91 Å². The summed E-state index contributed by atoms with van der Waals surface area (Å²) in [5, 5.41) is 19.0. The molecule has 0 atom stereocenters. The quantitative estimate of drug-likeness (QED) is 0.362. The first-order valence-electron chi connectivity index (χ1n) is 8.43. The Hall–Kier alpha value is -3.86. The molecule has 2 heterocycles. The number of benzene rings is 1. The number of quaternary nitrogens is 1. The molecule has 0 aliphatic rings. The average molecular weight is 382 g/mol. The molecule has 28 heavy (non-hydrogen) atoms. The molecule has 0 unspecified atom stereocenters. The van der Waals surface area contributed by atoms with Crippen LogP contribution in [-0.2, 0) is 6.54 Å². The van der Waals surface area contributed by atoms with Gasteiger partial charge >= 0.3 is 0 Å². The molecular formula is C17H20N9O2+. The van der Waals surface area contributed by atoms with Gasteiger partial charge in [0.1, 0.15) is 12.2 Å². The van der Waals surface area contributed by atoms with Gasteiger partial charge in [-0.1, -0.05) is 41.6 Å². The summed E-state index contributed by atoms with van der Waals surface area (Å²) in [6.45, 7) is 0.444. The van der Waals surface area contributed by atoms with E-state index in [1.807, 2.05) is 50.5 Å². The van der Waals surface area contributed by atoms with Crippen molar-refractivity contribution in [3.8, 4) is 5.82 Å². The Morgan fingerprint density at radius 1 is 1.32 bits per heavy atom. The molecule has 3 rings (SSSR count). The highest BCUT2D eigenvalue weighted by Gasteiger charge is 2.25. The van der Waals surface area contributed by atoms with E-state index in [0.717, 1.165) is 10.5 Å². The first-order valence-corrected chi connectivity index (χ1v) is 8.43. The maximum Gasteiger partial charge on any atom is 0.294 e. The van der Waals surface area contributed by atoms with Crippen molar-refractivity contribution in [2.45, 2.75) is 6.54 Å². The second kappa shape index (κ2) is 8.68. The summed E-state index contributed by atoms with van der Waals surface area (Å²) >= 11 is 0. The molecular weight excluding hydrogens is 362 g/mol. The molecule has 0 radical (unpaired) electrons. The first-order chi connectivity index (χ1) is 13.6. The fourth-order valence-corrected chi connectivity index (χ4v) is 2.39. The second-order valence-corrected chi connectivity index (χ2v) is 6.14. The molecule has 11 heteroatoms. The monoisotopic (exact) mass is 382 g/mol. The van der Waals surface area contributed by atoms with Crippen molar-refractivity contribution in [3.05, 3.63) is 53.4 Å². The van der Waals surface area contributed by atoms with Crippen LogP contribution in [0.5, 0.6) is 0 Å². The van der Waals surface area contributed by atoms with Crippen molar-refractivity contribution in [2.75, 3.05) is 19.8 Å². The van der Waals surface area contributed by atoms with Gasteiger partial charge in [-0.3, -0.25) is 4.79 Å². The molecule has 0 aliphatic heterocycles. The maximum absolute atomic E-state index is 12.5. The third-order valence-corrected chi connectivity index (χ3v) is 3.61. The summed E-state index contributed by atoms with van der Waals surface area (Å²) in [6, 6.07) is 9.73. The molecule has 0 saturated heterocycles. The zero-order valence-electron chi connectivity index (χ0n) is 15.4. The molecule has 1 amide bonds. The van der Waals surface area contributed by atoms with Crippen molar-refractivity contribution in [3.63, 3.8) is 0 Å². The number of anilines is 1. The number of rotatable bonds is 7. The lowest BCUT2D eigenvalue weighted by atomic mass is 10.2. The Kier molecular flexibility index (Phi) is 5.87. The van der Waals surface area contributed by atoms with E-state index in [0.29, 0.717) is 12.2 Å². The van der Waals surface area contributed by atoms with Crippen LogP contribution in [0.4, 0.5) is 5.82 Å². The standard InChI is InChI=1S/C17H19N9O2/c1-25(2)11-13-14(20-24-26(13)16-15(18)22-28-23-16)17(27)21-19-10-6-9-12-7-4-3-5-8-12/h3-10H,11H2,1-2H3,(H2,18,22)(H,21,27)/p+1. The van der Waals surface area contributed by atoms with Crippen LogP contribution in [-0.4, -0.2) is 51.5 Å². The van der Waals surface area contributed by atoms with Gasteiger partial charge in [-0.15, -0.1) is 5.10 Å². The number of aromatic nitrogens is 5. The van der Waals surface area contributed by atoms with Crippen LogP contribution < -0.4 is 16.1 Å². The van der Waals surface area contributed by atoms with E-state index in [1.54, 1.807) is 6.08 Å². The summed E-state index contributed by atoms with van der Waals surface area (Å²) in [5.41, 5.74) is 9.81. The van der Waals surface area contributed by atoms with Gasteiger partial charge in [-0.2, -0.15) is 9.78 Å². The van der Waals surface area contributed by atoms with Crippen molar-refractivity contribution in [1.82, 2.24) is 30.7 Å². The Labute approximate surface area is 160 Å². The smallest absolute Gasteiger partial charge is 0.294 e. The van der Waals surface area contributed by atoms with Crippen LogP contribution in [0, 0.1) is 0 Å². The highest BCUT2D eigenvalue weighted by atomic mass is 16.6. The summed E-state index contributed by atoms with van der Waals surface area (Å²) in [7, 11) is 3.85. The summed E-state index contributed by atoms with van der Waals surface area (Å²) in [5.74, 6) is -0.269. The summed E-state index contributed by atoms with van der Waals surface area (Å²) in [6.07, 6.45) is 5.07. The molecule has 3 aromatic rings. The van der Waals surface area contributed by atoms with Crippen LogP contribution in [0.15, 0.2) is 46.1 Å². The van der Waals surface area contributed by atoms with E-state index in [2.05, 4.69) is 35.8 Å². The average Bonchev–Trinajstić information content (AvgIpc) is 3.27. The van der Waals surface area contributed by atoms with E-state index in [-0.39, 0.29) is 17.3 Å². The third kappa shape index (κ3) is 4.45. The highest BCUT2D eigenvalue weighted by Crippen LogP contribution is 2.15. The van der Waals surface area contributed by atoms with Gasteiger partial charge in [0.05, 0.1) is 14.1 Å². The number of nitrogen functional groups attached to an aromatic ring is 1. The minimum atomic E-state index is -0.498. The lowest BCUT2D eigenvalue weighted by molar-refractivity contribution is -0.873. The fraction of sp³-hybridized carbons (Fsp3) is 0.176. The van der Waals surface area contributed by atoms with Crippen LogP contribution in [0.3, 0.4) is 0 Å². The predicted molar refractivity (Wildman–Crippen MR) is 102 cm³/mol. The number of nitrogens with two attached hydrogens (primary N) is 1. The molecule has 11 nitrogen and oxygen atoms in total. The fourth-order valence-electron chi connectivity index (χ4n) is 2.39. The zero-order chi connectivity index (χ0) is 19.9. The Balaban J connectivity index is 1.74. The van der Waals surface area contributed by atoms with Gasteiger partial charge in [-0.05, 0) is 22.0 Å². The molecule has 144 valence electrons. The topological polar surface area (TPSA) is 142 Å². The van der Waals surface area contributed by atoms with E-state index in [4.69, 9.17) is 5.73 Å². The van der Waals surface area contributed by atoms with Gasteiger partial charge in [-0.25, -0.2) is 10.1 Å². The van der Waals surface area contributed by atoms with Gasteiger partial charge in [0.2, 0.25) is 11.6 Å².